The molecule has 3 rings (SSSR count). The normalized spacial score (nSPS) is 25.1. The average Bonchev–Trinajstić information content (AvgIpc) is 3.10. The van der Waals surface area contributed by atoms with Gasteiger partial charge >= 0.3 is 0 Å². The number of Topliss-reactive ketones (excluding diaryl/α,β-unsaturated/α-hetero) is 1. The number of rotatable bonds is 4. The third kappa shape index (κ3) is 3.30. The van der Waals surface area contributed by atoms with Crippen molar-refractivity contribution in [2.75, 3.05) is 26.2 Å². The van der Waals surface area contributed by atoms with Crippen LogP contribution in [0, 0.1) is 0 Å². The Bertz CT molecular complexity index is 465. The van der Waals surface area contributed by atoms with E-state index in [0.29, 0.717) is 0 Å². The van der Waals surface area contributed by atoms with Gasteiger partial charge in [0.25, 0.3) is 0 Å². The minimum Gasteiger partial charge on any atom is -0.299 e. The zero-order valence-electron chi connectivity index (χ0n) is 12.3. The van der Waals surface area contributed by atoms with Gasteiger partial charge in [0.2, 0.25) is 0 Å². The Morgan fingerprint density at radius 3 is 2.80 bits per heavy atom. The highest BCUT2D eigenvalue weighted by atomic mass is 32.1. The third-order valence-electron chi connectivity index (χ3n) is 4.54. The molecule has 2 saturated heterocycles. The highest BCUT2D eigenvalue weighted by Gasteiger charge is 2.27. The van der Waals surface area contributed by atoms with Crippen molar-refractivity contribution in [1.29, 1.82) is 0 Å². The molecule has 3 heterocycles. The van der Waals surface area contributed by atoms with Gasteiger partial charge in [-0.05, 0) is 69.3 Å². The Morgan fingerprint density at radius 1 is 1.30 bits per heavy atom. The second kappa shape index (κ2) is 6.37. The molecular formula is C16H24N2OS. The maximum absolute atomic E-state index is 11.4. The number of ketones is 1. The molecule has 1 atom stereocenters. The topological polar surface area (TPSA) is 23.6 Å². The molecule has 0 saturated carbocycles. The van der Waals surface area contributed by atoms with Gasteiger partial charge in [-0.25, -0.2) is 0 Å². The van der Waals surface area contributed by atoms with Crippen LogP contribution in [0.4, 0.5) is 0 Å². The first-order valence-corrected chi connectivity index (χ1v) is 8.65. The molecule has 110 valence electrons. The molecule has 0 aromatic carbocycles. The number of hydrogen-bond acceptors (Lipinski definition) is 4. The zero-order chi connectivity index (χ0) is 13.9. The van der Waals surface area contributed by atoms with Gasteiger partial charge in [0.1, 0.15) is 0 Å². The number of piperidine rings is 1. The number of hydrogen-bond donors (Lipinski definition) is 0. The van der Waals surface area contributed by atoms with Crippen molar-refractivity contribution in [3.63, 3.8) is 0 Å². The van der Waals surface area contributed by atoms with Gasteiger partial charge in [-0.3, -0.25) is 14.6 Å². The minimum atomic E-state index is 0.190. The molecule has 4 heteroatoms. The van der Waals surface area contributed by atoms with Crippen molar-refractivity contribution >= 4 is 17.1 Å². The molecule has 3 nitrogen and oxygen atoms in total. The second-order valence-electron chi connectivity index (χ2n) is 6.15. The highest BCUT2D eigenvalue weighted by Crippen LogP contribution is 2.23. The number of thiophene rings is 1. The predicted octanol–water partition coefficient (Wildman–Crippen LogP) is 3.01. The summed E-state index contributed by atoms with van der Waals surface area (Å²) in [4.78, 5) is 17.5. The lowest BCUT2D eigenvalue weighted by Crippen LogP contribution is -2.46. The molecule has 2 aliphatic heterocycles. The van der Waals surface area contributed by atoms with E-state index in [1.54, 1.807) is 18.3 Å². The fraction of sp³-hybridized carbons (Fsp3) is 0.688. The van der Waals surface area contributed by atoms with E-state index in [9.17, 15) is 4.79 Å². The van der Waals surface area contributed by atoms with Gasteiger partial charge < -0.3 is 0 Å². The molecule has 0 aliphatic carbocycles. The average molecular weight is 292 g/mol. The quantitative estimate of drug-likeness (QED) is 0.797. The fourth-order valence-corrected chi connectivity index (χ4v) is 4.29. The molecule has 0 bridgehead atoms. The van der Waals surface area contributed by atoms with E-state index in [1.165, 1.54) is 57.4 Å². The number of nitrogens with zero attached hydrogens (tertiary/aromatic N) is 2. The summed E-state index contributed by atoms with van der Waals surface area (Å²) in [7, 11) is 0. The summed E-state index contributed by atoms with van der Waals surface area (Å²) in [5, 5.41) is 2.15. The SMILES string of the molecule is CC(=O)c1cc(CN2CCCC(N3CCCC3)C2)cs1. The standard InChI is InChI=1S/C16H24N2OS/c1-13(19)16-9-14(12-20-16)10-17-6-4-5-15(11-17)18-7-2-3-8-18/h9,12,15H,2-8,10-11H2,1H3. The summed E-state index contributed by atoms with van der Waals surface area (Å²) in [6.07, 6.45) is 5.43. The molecule has 2 aliphatic rings. The van der Waals surface area contributed by atoms with Crippen molar-refractivity contribution in [3.05, 3.63) is 21.9 Å². The van der Waals surface area contributed by atoms with Gasteiger partial charge in [0, 0.05) is 19.1 Å². The van der Waals surface area contributed by atoms with Gasteiger partial charge in [0.15, 0.2) is 5.78 Å². The van der Waals surface area contributed by atoms with Crippen LogP contribution in [0.2, 0.25) is 0 Å². The fourth-order valence-electron chi connectivity index (χ4n) is 3.48. The summed E-state index contributed by atoms with van der Waals surface area (Å²) in [6, 6.07) is 2.84. The Morgan fingerprint density at radius 2 is 2.10 bits per heavy atom. The van der Waals surface area contributed by atoms with Crippen LogP contribution in [0.3, 0.4) is 0 Å². The molecule has 0 N–H and O–H groups in total. The van der Waals surface area contributed by atoms with E-state index in [-0.39, 0.29) is 5.78 Å². The molecule has 1 aromatic heterocycles. The van der Waals surface area contributed by atoms with Crippen molar-refractivity contribution in [2.45, 2.75) is 45.2 Å². The minimum absolute atomic E-state index is 0.190. The summed E-state index contributed by atoms with van der Waals surface area (Å²) < 4.78 is 0. The lowest BCUT2D eigenvalue weighted by atomic mass is 10.0. The van der Waals surface area contributed by atoms with Gasteiger partial charge in [-0.2, -0.15) is 0 Å². The molecular weight excluding hydrogens is 268 g/mol. The summed E-state index contributed by atoms with van der Waals surface area (Å²) >= 11 is 1.59. The maximum atomic E-state index is 11.4. The first-order chi connectivity index (χ1) is 9.72. The van der Waals surface area contributed by atoms with E-state index in [2.05, 4.69) is 21.2 Å². The first kappa shape index (κ1) is 14.2. The van der Waals surface area contributed by atoms with Crippen molar-refractivity contribution < 1.29 is 4.79 Å². The lowest BCUT2D eigenvalue weighted by Gasteiger charge is -2.37. The summed E-state index contributed by atoms with van der Waals surface area (Å²) in [5.41, 5.74) is 1.31. The van der Waals surface area contributed by atoms with Crippen LogP contribution < -0.4 is 0 Å². The van der Waals surface area contributed by atoms with Crippen LogP contribution >= 0.6 is 11.3 Å². The van der Waals surface area contributed by atoms with Gasteiger partial charge in [-0.15, -0.1) is 11.3 Å². The van der Waals surface area contributed by atoms with Crippen LogP contribution in [0.15, 0.2) is 11.4 Å². The van der Waals surface area contributed by atoms with Crippen LogP contribution in [-0.4, -0.2) is 47.8 Å². The summed E-state index contributed by atoms with van der Waals surface area (Å²) in [5.74, 6) is 0.190. The van der Waals surface area contributed by atoms with E-state index in [4.69, 9.17) is 0 Å². The monoisotopic (exact) mass is 292 g/mol. The van der Waals surface area contributed by atoms with E-state index in [0.717, 1.165) is 17.5 Å². The van der Waals surface area contributed by atoms with Crippen LogP contribution in [0.25, 0.3) is 0 Å². The largest absolute Gasteiger partial charge is 0.299 e. The van der Waals surface area contributed by atoms with Gasteiger partial charge in [-0.1, -0.05) is 0 Å². The highest BCUT2D eigenvalue weighted by molar-refractivity contribution is 7.12. The predicted molar refractivity (Wildman–Crippen MR) is 83.4 cm³/mol. The molecule has 1 unspecified atom stereocenters. The molecule has 20 heavy (non-hydrogen) atoms. The number of carbonyl (C=O) groups excluding carboxylic acids is 1. The Kier molecular flexibility index (Phi) is 4.54. The van der Waals surface area contributed by atoms with E-state index >= 15 is 0 Å². The van der Waals surface area contributed by atoms with Crippen LogP contribution in [-0.2, 0) is 6.54 Å². The Hall–Kier alpha value is -0.710. The van der Waals surface area contributed by atoms with Crippen molar-refractivity contribution in [1.82, 2.24) is 9.80 Å². The molecule has 1 aromatic rings. The third-order valence-corrected chi connectivity index (χ3v) is 5.62. The maximum Gasteiger partial charge on any atom is 0.169 e. The number of carbonyl (C=O) groups is 1. The Labute approximate surface area is 125 Å². The molecule has 0 radical (unpaired) electrons. The zero-order valence-corrected chi connectivity index (χ0v) is 13.1. The molecule has 0 spiro atoms. The van der Waals surface area contributed by atoms with Crippen molar-refractivity contribution in [3.8, 4) is 0 Å². The lowest BCUT2D eigenvalue weighted by molar-refractivity contribution is 0.102. The smallest absolute Gasteiger partial charge is 0.169 e. The first-order valence-electron chi connectivity index (χ1n) is 7.77. The second-order valence-corrected chi connectivity index (χ2v) is 7.06. The molecule has 0 amide bonds. The van der Waals surface area contributed by atoms with E-state index < -0.39 is 0 Å². The van der Waals surface area contributed by atoms with E-state index in [1.807, 2.05) is 0 Å². The van der Waals surface area contributed by atoms with Crippen LogP contribution in [0.5, 0.6) is 0 Å². The van der Waals surface area contributed by atoms with Crippen molar-refractivity contribution in [2.24, 2.45) is 0 Å². The summed E-state index contributed by atoms with van der Waals surface area (Å²) in [6.45, 7) is 7.66. The Balaban J connectivity index is 1.57. The molecule has 2 fully saturated rings. The van der Waals surface area contributed by atoms with Crippen LogP contribution in [0.1, 0.15) is 47.8 Å². The number of likely N-dealkylation sites (tertiary alicyclic amines) is 2. The van der Waals surface area contributed by atoms with Gasteiger partial charge in [0.05, 0.1) is 4.88 Å².